The van der Waals surface area contributed by atoms with Crippen LogP contribution in [0.5, 0.6) is 5.88 Å². The summed E-state index contributed by atoms with van der Waals surface area (Å²) < 4.78 is 5.18. The van der Waals surface area contributed by atoms with Crippen LogP contribution in [0.2, 0.25) is 0 Å². The summed E-state index contributed by atoms with van der Waals surface area (Å²) in [6, 6.07) is 10.8. The SMILES string of the molecule is CCOc1ccc(C(=O)Nc2ccc(N(C)C)cc2)nn1. The van der Waals surface area contributed by atoms with Crippen LogP contribution >= 0.6 is 0 Å². The zero-order valence-electron chi connectivity index (χ0n) is 12.3. The molecule has 1 N–H and O–H groups in total. The minimum atomic E-state index is -0.303. The number of anilines is 2. The molecule has 0 atom stereocenters. The predicted octanol–water partition coefficient (Wildman–Crippen LogP) is 2.19. The maximum Gasteiger partial charge on any atom is 0.276 e. The van der Waals surface area contributed by atoms with Crippen LogP contribution in [0.4, 0.5) is 11.4 Å². The Balaban J connectivity index is 2.03. The van der Waals surface area contributed by atoms with Gasteiger partial charge in [-0.15, -0.1) is 10.2 Å². The van der Waals surface area contributed by atoms with Crippen molar-refractivity contribution in [2.75, 3.05) is 30.9 Å². The van der Waals surface area contributed by atoms with Crippen molar-refractivity contribution >= 4 is 17.3 Å². The molecule has 0 bridgehead atoms. The molecule has 1 aromatic carbocycles. The smallest absolute Gasteiger partial charge is 0.276 e. The molecule has 2 rings (SSSR count). The van der Waals surface area contributed by atoms with Crippen LogP contribution in [0.25, 0.3) is 0 Å². The Labute approximate surface area is 123 Å². The maximum absolute atomic E-state index is 12.0. The van der Waals surface area contributed by atoms with Gasteiger partial charge in [0.1, 0.15) is 0 Å². The Bertz CT molecular complexity index is 594. The number of hydrogen-bond donors (Lipinski definition) is 1. The van der Waals surface area contributed by atoms with E-state index in [1.165, 1.54) is 0 Å². The van der Waals surface area contributed by atoms with Gasteiger partial charge in [0.05, 0.1) is 6.61 Å². The third-order valence-corrected chi connectivity index (χ3v) is 2.81. The first-order valence-electron chi connectivity index (χ1n) is 6.65. The second kappa shape index (κ2) is 6.69. The van der Waals surface area contributed by atoms with Gasteiger partial charge in [0.15, 0.2) is 5.69 Å². The molecular weight excluding hydrogens is 268 g/mol. The van der Waals surface area contributed by atoms with Crippen molar-refractivity contribution < 1.29 is 9.53 Å². The van der Waals surface area contributed by atoms with Gasteiger partial charge in [-0.25, -0.2) is 0 Å². The molecule has 0 aliphatic rings. The molecule has 0 fully saturated rings. The highest BCUT2D eigenvalue weighted by atomic mass is 16.5. The van der Waals surface area contributed by atoms with Crippen molar-refractivity contribution in [3.8, 4) is 5.88 Å². The zero-order valence-corrected chi connectivity index (χ0v) is 12.3. The lowest BCUT2D eigenvalue weighted by molar-refractivity contribution is 0.102. The molecular formula is C15H18N4O2. The second-order valence-electron chi connectivity index (χ2n) is 4.59. The first-order valence-corrected chi connectivity index (χ1v) is 6.65. The van der Waals surface area contributed by atoms with Gasteiger partial charge in [-0.05, 0) is 37.3 Å². The van der Waals surface area contributed by atoms with E-state index in [4.69, 9.17) is 4.74 Å². The fraction of sp³-hybridized carbons (Fsp3) is 0.267. The molecule has 0 spiro atoms. The number of nitrogens with zero attached hydrogens (tertiary/aromatic N) is 3. The Morgan fingerprint density at radius 2 is 1.86 bits per heavy atom. The lowest BCUT2D eigenvalue weighted by atomic mass is 10.2. The van der Waals surface area contributed by atoms with Crippen molar-refractivity contribution in [1.29, 1.82) is 0 Å². The molecule has 0 saturated heterocycles. The van der Waals surface area contributed by atoms with Gasteiger partial charge in [0, 0.05) is 31.5 Å². The van der Waals surface area contributed by atoms with Crippen molar-refractivity contribution in [2.45, 2.75) is 6.92 Å². The summed E-state index contributed by atoms with van der Waals surface area (Å²) in [5.74, 6) is 0.104. The number of ether oxygens (including phenoxy) is 1. The molecule has 0 aliphatic heterocycles. The number of carbonyl (C=O) groups is 1. The van der Waals surface area contributed by atoms with Crippen LogP contribution in [0, 0.1) is 0 Å². The topological polar surface area (TPSA) is 67.3 Å². The average molecular weight is 286 g/mol. The molecule has 0 saturated carbocycles. The summed E-state index contributed by atoms with van der Waals surface area (Å²) in [5.41, 5.74) is 2.02. The third-order valence-electron chi connectivity index (χ3n) is 2.81. The number of hydrogen-bond acceptors (Lipinski definition) is 5. The predicted molar refractivity (Wildman–Crippen MR) is 81.9 cm³/mol. The van der Waals surface area contributed by atoms with Gasteiger partial charge in [-0.3, -0.25) is 4.79 Å². The summed E-state index contributed by atoms with van der Waals surface area (Å²) >= 11 is 0. The van der Waals surface area contributed by atoms with Gasteiger partial charge in [0.2, 0.25) is 5.88 Å². The van der Waals surface area contributed by atoms with Crippen LogP contribution in [-0.2, 0) is 0 Å². The Morgan fingerprint density at radius 1 is 1.14 bits per heavy atom. The molecule has 0 unspecified atom stereocenters. The van der Waals surface area contributed by atoms with Crippen LogP contribution in [0.15, 0.2) is 36.4 Å². The number of benzene rings is 1. The maximum atomic E-state index is 12.0. The van der Waals surface area contributed by atoms with Gasteiger partial charge >= 0.3 is 0 Å². The van der Waals surface area contributed by atoms with Gasteiger partial charge < -0.3 is 15.0 Å². The number of nitrogens with one attached hydrogen (secondary N) is 1. The molecule has 1 heterocycles. The lowest BCUT2D eigenvalue weighted by Crippen LogP contribution is -2.15. The number of amides is 1. The Kier molecular flexibility index (Phi) is 4.71. The molecule has 0 aliphatic carbocycles. The van der Waals surface area contributed by atoms with E-state index in [0.717, 1.165) is 5.69 Å². The minimum absolute atomic E-state index is 0.245. The normalized spacial score (nSPS) is 10.0. The molecule has 1 amide bonds. The molecule has 0 radical (unpaired) electrons. The van der Waals surface area contributed by atoms with Crippen molar-refractivity contribution in [3.05, 3.63) is 42.1 Å². The van der Waals surface area contributed by atoms with E-state index in [9.17, 15) is 4.79 Å². The zero-order chi connectivity index (χ0) is 15.2. The summed E-state index contributed by atoms with van der Waals surface area (Å²) in [6.45, 7) is 2.37. The molecule has 110 valence electrons. The van der Waals surface area contributed by atoms with E-state index in [1.807, 2.05) is 50.2 Å². The third kappa shape index (κ3) is 3.92. The fourth-order valence-electron chi connectivity index (χ4n) is 1.70. The molecule has 21 heavy (non-hydrogen) atoms. The lowest BCUT2D eigenvalue weighted by Gasteiger charge is -2.12. The number of aromatic nitrogens is 2. The monoisotopic (exact) mass is 286 g/mol. The summed E-state index contributed by atoms with van der Waals surface area (Å²) in [4.78, 5) is 14.0. The van der Waals surface area contributed by atoms with Gasteiger partial charge in [-0.2, -0.15) is 0 Å². The van der Waals surface area contributed by atoms with E-state index in [1.54, 1.807) is 12.1 Å². The highest BCUT2D eigenvalue weighted by molar-refractivity contribution is 6.02. The minimum Gasteiger partial charge on any atom is -0.477 e. The molecule has 6 heteroatoms. The van der Waals surface area contributed by atoms with Gasteiger partial charge in [0.25, 0.3) is 5.91 Å². The van der Waals surface area contributed by atoms with Crippen LogP contribution in [-0.4, -0.2) is 36.8 Å². The van der Waals surface area contributed by atoms with Crippen LogP contribution < -0.4 is 15.0 Å². The largest absolute Gasteiger partial charge is 0.477 e. The first-order chi connectivity index (χ1) is 10.1. The Morgan fingerprint density at radius 3 is 2.38 bits per heavy atom. The molecule has 6 nitrogen and oxygen atoms in total. The average Bonchev–Trinajstić information content (AvgIpc) is 2.49. The molecule has 2 aromatic rings. The summed E-state index contributed by atoms with van der Waals surface area (Å²) in [7, 11) is 3.92. The summed E-state index contributed by atoms with van der Waals surface area (Å²) in [5, 5.41) is 10.4. The van der Waals surface area contributed by atoms with Crippen molar-refractivity contribution in [2.24, 2.45) is 0 Å². The van der Waals surface area contributed by atoms with E-state index in [-0.39, 0.29) is 11.6 Å². The van der Waals surface area contributed by atoms with E-state index >= 15 is 0 Å². The standard InChI is InChI=1S/C15H18N4O2/c1-4-21-14-10-9-13(17-18-14)15(20)16-11-5-7-12(8-6-11)19(2)3/h5-10H,4H2,1-3H3,(H,16,20). The molecule has 1 aromatic heterocycles. The number of carbonyl (C=O) groups excluding carboxylic acids is 1. The van der Waals surface area contributed by atoms with E-state index < -0.39 is 0 Å². The van der Waals surface area contributed by atoms with E-state index in [2.05, 4.69) is 15.5 Å². The second-order valence-corrected chi connectivity index (χ2v) is 4.59. The fourth-order valence-corrected chi connectivity index (χ4v) is 1.70. The van der Waals surface area contributed by atoms with Crippen molar-refractivity contribution in [3.63, 3.8) is 0 Å². The van der Waals surface area contributed by atoms with E-state index in [0.29, 0.717) is 18.2 Å². The quantitative estimate of drug-likeness (QED) is 0.912. The van der Waals surface area contributed by atoms with Crippen LogP contribution in [0.3, 0.4) is 0 Å². The number of rotatable bonds is 5. The highest BCUT2D eigenvalue weighted by Crippen LogP contribution is 2.16. The first kappa shape index (κ1) is 14.8. The summed E-state index contributed by atoms with van der Waals surface area (Å²) in [6.07, 6.45) is 0. The van der Waals surface area contributed by atoms with Crippen LogP contribution in [0.1, 0.15) is 17.4 Å². The van der Waals surface area contributed by atoms with Gasteiger partial charge in [-0.1, -0.05) is 0 Å². The Hall–Kier alpha value is -2.63. The highest BCUT2D eigenvalue weighted by Gasteiger charge is 2.09. The van der Waals surface area contributed by atoms with Crippen molar-refractivity contribution in [1.82, 2.24) is 10.2 Å².